The number of hydrogen-bond acceptors (Lipinski definition) is 2. The summed E-state index contributed by atoms with van der Waals surface area (Å²) in [5, 5.41) is 0.720. The number of carbonyl (C=O) groups is 1. The van der Waals surface area contributed by atoms with E-state index >= 15 is 0 Å². The van der Waals surface area contributed by atoms with Crippen molar-refractivity contribution in [1.82, 2.24) is 0 Å². The van der Waals surface area contributed by atoms with Crippen molar-refractivity contribution in [3.63, 3.8) is 0 Å². The van der Waals surface area contributed by atoms with Gasteiger partial charge in [0.05, 0.1) is 15.4 Å². The van der Waals surface area contributed by atoms with E-state index in [1.54, 1.807) is 0 Å². The molecule has 20 heavy (non-hydrogen) atoms. The maximum absolute atomic E-state index is 11.6. The summed E-state index contributed by atoms with van der Waals surface area (Å²) in [6.45, 7) is 10.8. The molecule has 0 radical (unpaired) electrons. The van der Waals surface area contributed by atoms with E-state index in [1.807, 2.05) is 0 Å². The minimum atomic E-state index is -1.08. The van der Waals surface area contributed by atoms with Crippen LogP contribution in [0.25, 0.3) is 0 Å². The van der Waals surface area contributed by atoms with E-state index < -0.39 is 8.80 Å². The molecule has 0 aliphatic rings. The van der Waals surface area contributed by atoms with Crippen LogP contribution >= 0.6 is 0 Å². The van der Waals surface area contributed by atoms with Gasteiger partial charge in [-0.05, 0) is 6.42 Å². The van der Waals surface area contributed by atoms with Gasteiger partial charge in [-0.15, -0.1) is 0 Å². The zero-order valence-corrected chi connectivity index (χ0v) is 15.0. The third-order valence-corrected chi connectivity index (χ3v) is 5.32. The molecule has 0 rings (SSSR count). The summed E-state index contributed by atoms with van der Waals surface area (Å²) in [4.78, 5) is 11.6. The molecule has 0 aliphatic carbocycles. The Labute approximate surface area is 127 Å². The van der Waals surface area contributed by atoms with E-state index in [4.69, 9.17) is 4.74 Å². The number of carbonyl (C=O) groups excluding carboxylic acids is 1. The van der Waals surface area contributed by atoms with Crippen molar-refractivity contribution in [2.75, 3.05) is 6.61 Å². The normalized spacial score (nSPS) is 10.8. The van der Waals surface area contributed by atoms with Gasteiger partial charge in [0.25, 0.3) is 0 Å². The fourth-order valence-corrected chi connectivity index (χ4v) is 2.64. The fraction of sp³-hybridized carbons (Fsp3) is 0.824. The smallest absolute Gasteiger partial charge is 0.328 e. The molecule has 0 saturated carbocycles. The molecule has 0 N–H and O–H groups in total. The highest BCUT2D eigenvalue weighted by molar-refractivity contribution is 6.69. The molecule has 0 fully saturated rings. The minimum Gasteiger partial charge on any atom is -0.463 e. The lowest BCUT2D eigenvalue weighted by molar-refractivity contribution is -0.138. The second-order valence-corrected chi connectivity index (χ2v) is 9.00. The second-order valence-electron chi connectivity index (χ2n) is 6.00. The number of unbranched alkanes of at least 4 members (excludes halogenated alkanes) is 9. The van der Waals surface area contributed by atoms with E-state index in [0.717, 1.165) is 11.6 Å². The number of esters is 1. The fourth-order valence-electron chi connectivity index (χ4n) is 2.08. The summed E-state index contributed by atoms with van der Waals surface area (Å²) in [5.41, 5.74) is 0. The SMILES string of the molecule is C=C(C(=O)OCCCCCCCCCCCC)[SiH](C)C. The van der Waals surface area contributed by atoms with E-state index in [-0.39, 0.29) is 5.97 Å². The van der Waals surface area contributed by atoms with Crippen molar-refractivity contribution in [1.29, 1.82) is 0 Å². The lowest BCUT2D eigenvalue weighted by Crippen LogP contribution is -2.17. The topological polar surface area (TPSA) is 26.3 Å². The van der Waals surface area contributed by atoms with Crippen LogP contribution in [0.2, 0.25) is 13.1 Å². The summed E-state index contributed by atoms with van der Waals surface area (Å²) in [6.07, 6.45) is 13.0. The van der Waals surface area contributed by atoms with E-state index in [2.05, 4.69) is 26.6 Å². The van der Waals surface area contributed by atoms with Crippen molar-refractivity contribution >= 4 is 14.8 Å². The molecule has 0 spiro atoms. The van der Waals surface area contributed by atoms with Gasteiger partial charge in [0.2, 0.25) is 0 Å². The molecule has 0 amide bonds. The highest BCUT2D eigenvalue weighted by Gasteiger charge is 2.12. The second kappa shape index (κ2) is 13.4. The first-order chi connectivity index (χ1) is 9.59. The first-order valence-corrected chi connectivity index (χ1v) is 11.3. The van der Waals surface area contributed by atoms with Crippen molar-refractivity contribution in [2.45, 2.75) is 84.2 Å². The zero-order chi connectivity index (χ0) is 15.2. The Bertz CT molecular complexity index is 262. The zero-order valence-electron chi connectivity index (χ0n) is 13.9. The van der Waals surface area contributed by atoms with Gasteiger partial charge >= 0.3 is 5.97 Å². The Balaban J connectivity index is 3.25. The molecule has 3 heteroatoms. The summed E-state index contributed by atoms with van der Waals surface area (Å²) in [5.74, 6) is -0.164. The van der Waals surface area contributed by atoms with Gasteiger partial charge < -0.3 is 4.74 Å². The van der Waals surface area contributed by atoms with Gasteiger partial charge in [-0.25, -0.2) is 4.79 Å². The van der Waals surface area contributed by atoms with Gasteiger partial charge in [0.15, 0.2) is 0 Å². The summed E-state index contributed by atoms with van der Waals surface area (Å²) >= 11 is 0. The highest BCUT2D eigenvalue weighted by Crippen LogP contribution is 2.10. The van der Waals surface area contributed by atoms with Crippen molar-refractivity contribution < 1.29 is 9.53 Å². The molecule has 0 aliphatic heterocycles. The third-order valence-electron chi connectivity index (χ3n) is 3.69. The summed E-state index contributed by atoms with van der Waals surface area (Å²) in [6, 6.07) is 0. The van der Waals surface area contributed by atoms with Crippen LogP contribution in [-0.4, -0.2) is 21.4 Å². The van der Waals surface area contributed by atoms with E-state index in [1.165, 1.54) is 57.8 Å². The Morgan fingerprint density at radius 2 is 1.35 bits per heavy atom. The Morgan fingerprint density at radius 1 is 0.900 bits per heavy atom. The molecule has 0 heterocycles. The molecule has 0 aromatic rings. The Morgan fingerprint density at radius 3 is 1.80 bits per heavy atom. The van der Waals surface area contributed by atoms with Gasteiger partial charge in [-0.1, -0.05) is 84.4 Å². The Kier molecular flexibility index (Phi) is 13.0. The van der Waals surface area contributed by atoms with Crippen molar-refractivity contribution in [3.8, 4) is 0 Å². The Hall–Kier alpha value is -0.573. The van der Waals surface area contributed by atoms with E-state index in [0.29, 0.717) is 6.61 Å². The molecule has 2 nitrogen and oxygen atoms in total. The van der Waals surface area contributed by atoms with Gasteiger partial charge in [0.1, 0.15) is 0 Å². The monoisotopic (exact) mass is 298 g/mol. The lowest BCUT2D eigenvalue weighted by Gasteiger charge is -2.08. The average Bonchev–Trinajstić information content (AvgIpc) is 2.43. The third kappa shape index (κ3) is 11.3. The molecule has 0 aromatic heterocycles. The van der Waals surface area contributed by atoms with Crippen LogP contribution in [-0.2, 0) is 9.53 Å². The van der Waals surface area contributed by atoms with Gasteiger partial charge in [-0.3, -0.25) is 0 Å². The number of hydrogen-bond donors (Lipinski definition) is 0. The molecule has 118 valence electrons. The van der Waals surface area contributed by atoms with Crippen LogP contribution in [0.1, 0.15) is 71.1 Å². The maximum atomic E-state index is 11.6. The molecule has 0 unspecified atom stereocenters. The minimum absolute atomic E-state index is 0.164. The van der Waals surface area contributed by atoms with Crippen LogP contribution in [0.5, 0.6) is 0 Å². The van der Waals surface area contributed by atoms with Crippen LogP contribution < -0.4 is 0 Å². The number of rotatable bonds is 13. The lowest BCUT2D eigenvalue weighted by atomic mass is 10.1. The predicted molar refractivity (Wildman–Crippen MR) is 90.8 cm³/mol. The van der Waals surface area contributed by atoms with E-state index in [9.17, 15) is 4.79 Å². The number of ether oxygens (including phenoxy) is 1. The average molecular weight is 299 g/mol. The molecule has 0 bridgehead atoms. The van der Waals surface area contributed by atoms with Crippen molar-refractivity contribution in [2.24, 2.45) is 0 Å². The quantitative estimate of drug-likeness (QED) is 0.206. The molecule has 0 atom stereocenters. The van der Waals surface area contributed by atoms with Crippen LogP contribution in [0, 0.1) is 0 Å². The molecular weight excluding hydrogens is 264 g/mol. The maximum Gasteiger partial charge on any atom is 0.328 e. The summed E-state index contributed by atoms with van der Waals surface area (Å²) < 4.78 is 5.23. The summed E-state index contributed by atoms with van der Waals surface area (Å²) in [7, 11) is -1.08. The molecule has 0 saturated heterocycles. The standard InChI is InChI=1S/C17H34O2Si/c1-5-6-7-8-9-10-11-12-13-14-15-19-17(18)16(2)20(3)4/h20H,2,5-15H2,1,3-4H3. The highest BCUT2D eigenvalue weighted by atomic mass is 28.3. The molecular formula is C17H34O2Si. The van der Waals surface area contributed by atoms with Crippen molar-refractivity contribution in [3.05, 3.63) is 11.8 Å². The van der Waals surface area contributed by atoms with Crippen LogP contribution in [0.3, 0.4) is 0 Å². The van der Waals surface area contributed by atoms with Gasteiger partial charge in [0, 0.05) is 5.20 Å². The first kappa shape index (κ1) is 19.4. The molecule has 0 aromatic carbocycles. The predicted octanol–water partition coefficient (Wildman–Crippen LogP) is 5.03. The first-order valence-electron chi connectivity index (χ1n) is 8.45. The van der Waals surface area contributed by atoms with Crippen LogP contribution in [0.4, 0.5) is 0 Å². The van der Waals surface area contributed by atoms with Crippen LogP contribution in [0.15, 0.2) is 11.8 Å². The largest absolute Gasteiger partial charge is 0.463 e. The van der Waals surface area contributed by atoms with Gasteiger partial charge in [-0.2, -0.15) is 0 Å².